The van der Waals surface area contributed by atoms with E-state index in [0.29, 0.717) is 5.56 Å². The second kappa shape index (κ2) is 8.32. The first kappa shape index (κ1) is 17.1. The molecule has 0 aliphatic rings. The first-order chi connectivity index (χ1) is 9.51. The first-order valence-electron chi connectivity index (χ1n) is 6.21. The van der Waals surface area contributed by atoms with Crippen molar-refractivity contribution >= 4 is 21.8 Å². The summed E-state index contributed by atoms with van der Waals surface area (Å²) in [6.07, 6.45) is 2.76. The lowest BCUT2D eigenvalue weighted by molar-refractivity contribution is 0.350. The SMILES string of the molecule is CSCCC(C)NS(=O)(=O)c1ccccc1C#CCO. The minimum absolute atomic E-state index is 0.133. The maximum Gasteiger partial charge on any atom is 0.242 e. The molecule has 110 valence electrons. The summed E-state index contributed by atoms with van der Waals surface area (Å²) in [5.41, 5.74) is 0.395. The zero-order valence-corrected chi connectivity index (χ0v) is 13.2. The van der Waals surface area contributed by atoms with E-state index in [1.807, 2.05) is 13.2 Å². The summed E-state index contributed by atoms with van der Waals surface area (Å²) in [5.74, 6) is 6.04. The Bertz CT molecular complexity index is 588. The van der Waals surface area contributed by atoms with Gasteiger partial charge in [0, 0.05) is 11.6 Å². The van der Waals surface area contributed by atoms with Gasteiger partial charge in [0.05, 0.1) is 4.90 Å². The van der Waals surface area contributed by atoms with E-state index in [2.05, 4.69) is 16.6 Å². The van der Waals surface area contributed by atoms with Crippen molar-refractivity contribution in [3.63, 3.8) is 0 Å². The number of aliphatic hydroxyl groups excluding tert-OH is 1. The molecule has 6 heteroatoms. The Balaban J connectivity index is 2.98. The van der Waals surface area contributed by atoms with Crippen LogP contribution in [0.2, 0.25) is 0 Å². The van der Waals surface area contributed by atoms with Gasteiger partial charge in [0.2, 0.25) is 10.0 Å². The van der Waals surface area contributed by atoms with Crippen molar-refractivity contribution in [2.45, 2.75) is 24.3 Å². The van der Waals surface area contributed by atoms with Gasteiger partial charge in [-0.2, -0.15) is 11.8 Å². The van der Waals surface area contributed by atoms with Crippen LogP contribution in [0.4, 0.5) is 0 Å². The largest absolute Gasteiger partial charge is 0.384 e. The minimum Gasteiger partial charge on any atom is -0.384 e. The highest BCUT2D eigenvalue weighted by Crippen LogP contribution is 2.15. The normalized spacial score (nSPS) is 12.6. The number of hydrogen-bond donors (Lipinski definition) is 2. The lowest BCUT2D eigenvalue weighted by Gasteiger charge is -2.14. The van der Waals surface area contributed by atoms with E-state index in [1.165, 1.54) is 6.07 Å². The van der Waals surface area contributed by atoms with Gasteiger partial charge in [0.25, 0.3) is 0 Å². The van der Waals surface area contributed by atoms with Crippen LogP contribution in [0.15, 0.2) is 29.2 Å². The van der Waals surface area contributed by atoms with Crippen molar-refractivity contribution in [3.05, 3.63) is 29.8 Å². The van der Waals surface area contributed by atoms with Crippen molar-refractivity contribution < 1.29 is 13.5 Å². The van der Waals surface area contributed by atoms with Crippen molar-refractivity contribution in [1.82, 2.24) is 4.72 Å². The second-order valence-electron chi connectivity index (χ2n) is 4.26. The van der Waals surface area contributed by atoms with Crippen LogP contribution in [0.1, 0.15) is 18.9 Å². The molecule has 1 rings (SSSR count). The molecule has 4 nitrogen and oxygen atoms in total. The molecule has 0 saturated carbocycles. The van der Waals surface area contributed by atoms with Crippen molar-refractivity contribution in [3.8, 4) is 11.8 Å². The van der Waals surface area contributed by atoms with Crippen LogP contribution >= 0.6 is 11.8 Å². The van der Waals surface area contributed by atoms with Gasteiger partial charge in [0.15, 0.2) is 0 Å². The fraction of sp³-hybridized carbons (Fsp3) is 0.429. The summed E-state index contributed by atoms with van der Waals surface area (Å²) in [4.78, 5) is 0.150. The fourth-order valence-electron chi connectivity index (χ4n) is 1.62. The maximum atomic E-state index is 12.3. The van der Waals surface area contributed by atoms with E-state index in [9.17, 15) is 8.42 Å². The highest BCUT2D eigenvalue weighted by molar-refractivity contribution is 7.98. The maximum absolute atomic E-state index is 12.3. The number of hydrogen-bond acceptors (Lipinski definition) is 4. The molecule has 0 spiro atoms. The number of rotatable bonds is 6. The van der Waals surface area contributed by atoms with Crippen LogP contribution in [-0.2, 0) is 10.0 Å². The highest BCUT2D eigenvalue weighted by Gasteiger charge is 2.19. The van der Waals surface area contributed by atoms with E-state index in [4.69, 9.17) is 5.11 Å². The second-order valence-corrected chi connectivity index (χ2v) is 6.93. The average Bonchev–Trinajstić information content (AvgIpc) is 2.42. The summed E-state index contributed by atoms with van der Waals surface area (Å²) in [6, 6.07) is 6.39. The third-order valence-corrected chi connectivity index (χ3v) is 4.88. The molecule has 1 aromatic rings. The van der Waals surface area contributed by atoms with E-state index in [0.717, 1.165) is 12.2 Å². The number of thioether (sulfide) groups is 1. The van der Waals surface area contributed by atoms with Gasteiger partial charge in [-0.15, -0.1) is 0 Å². The van der Waals surface area contributed by atoms with Crippen molar-refractivity contribution in [1.29, 1.82) is 0 Å². The molecule has 20 heavy (non-hydrogen) atoms. The third-order valence-electron chi connectivity index (χ3n) is 2.59. The molecule has 0 fully saturated rings. The molecule has 0 aliphatic heterocycles. The Morgan fingerprint density at radius 1 is 1.40 bits per heavy atom. The molecular formula is C14H19NO3S2. The molecule has 0 aromatic heterocycles. The van der Waals surface area contributed by atoms with Gasteiger partial charge in [-0.25, -0.2) is 13.1 Å². The van der Waals surface area contributed by atoms with Crippen LogP contribution in [0.3, 0.4) is 0 Å². The Kier molecular flexibility index (Phi) is 7.10. The van der Waals surface area contributed by atoms with Crippen molar-refractivity contribution in [2.75, 3.05) is 18.6 Å². The summed E-state index contributed by atoms with van der Waals surface area (Å²) >= 11 is 1.68. The molecule has 0 saturated heterocycles. The predicted molar refractivity (Wildman–Crippen MR) is 83.2 cm³/mol. The van der Waals surface area contributed by atoms with Gasteiger partial charge in [-0.3, -0.25) is 0 Å². The number of aliphatic hydroxyl groups is 1. The molecule has 0 aliphatic carbocycles. The lowest BCUT2D eigenvalue weighted by Crippen LogP contribution is -2.33. The van der Waals surface area contributed by atoms with Crippen LogP contribution in [0.25, 0.3) is 0 Å². The Hall–Kier alpha value is -1.00. The molecule has 1 unspecified atom stereocenters. The predicted octanol–water partition coefficient (Wildman–Crippen LogP) is 1.45. The smallest absolute Gasteiger partial charge is 0.242 e. The fourth-order valence-corrected chi connectivity index (χ4v) is 3.65. The van der Waals surface area contributed by atoms with Gasteiger partial charge >= 0.3 is 0 Å². The zero-order chi connectivity index (χ0) is 15.0. The van der Waals surface area contributed by atoms with E-state index in [-0.39, 0.29) is 17.5 Å². The molecular weight excluding hydrogens is 294 g/mol. The Morgan fingerprint density at radius 2 is 2.10 bits per heavy atom. The average molecular weight is 313 g/mol. The van der Waals surface area contributed by atoms with E-state index in [1.54, 1.807) is 30.0 Å². The molecule has 0 amide bonds. The zero-order valence-electron chi connectivity index (χ0n) is 11.6. The topological polar surface area (TPSA) is 66.4 Å². The standard InChI is InChI=1S/C14H19NO3S2/c1-12(9-11-19-2)15-20(17,18)14-8-4-3-6-13(14)7-5-10-16/h3-4,6,8,12,15-16H,9-11H2,1-2H3. The van der Waals surface area contributed by atoms with Gasteiger partial charge in [-0.1, -0.05) is 24.0 Å². The summed E-state index contributed by atoms with van der Waals surface area (Å²) in [7, 11) is -3.59. The Labute approximate surface area is 125 Å². The quantitative estimate of drug-likeness (QED) is 0.780. The monoisotopic (exact) mass is 313 g/mol. The minimum atomic E-state index is -3.59. The lowest BCUT2D eigenvalue weighted by atomic mass is 10.2. The summed E-state index contributed by atoms with van der Waals surface area (Å²) in [6.45, 7) is 1.54. The first-order valence-corrected chi connectivity index (χ1v) is 9.09. The van der Waals surface area contributed by atoms with Crippen LogP contribution < -0.4 is 4.72 Å². The number of sulfonamides is 1. The van der Waals surface area contributed by atoms with Gasteiger partial charge in [0.1, 0.15) is 6.61 Å². The molecule has 0 bridgehead atoms. The number of benzene rings is 1. The van der Waals surface area contributed by atoms with Gasteiger partial charge < -0.3 is 5.11 Å². The third kappa shape index (κ3) is 5.17. The molecule has 0 heterocycles. The van der Waals surface area contributed by atoms with Gasteiger partial charge in [-0.05, 0) is 37.5 Å². The van der Waals surface area contributed by atoms with Crippen LogP contribution in [0, 0.1) is 11.8 Å². The highest BCUT2D eigenvalue weighted by atomic mass is 32.2. The molecule has 1 atom stereocenters. The number of nitrogens with one attached hydrogen (secondary N) is 1. The summed E-state index contributed by atoms with van der Waals surface area (Å²) in [5, 5.41) is 8.72. The Morgan fingerprint density at radius 3 is 2.75 bits per heavy atom. The van der Waals surface area contributed by atoms with Crippen LogP contribution in [-0.4, -0.2) is 38.2 Å². The molecule has 1 aromatic carbocycles. The van der Waals surface area contributed by atoms with Crippen LogP contribution in [0.5, 0.6) is 0 Å². The van der Waals surface area contributed by atoms with E-state index < -0.39 is 10.0 Å². The van der Waals surface area contributed by atoms with E-state index >= 15 is 0 Å². The molecule has 2 N–H and O–H groups in total. The van der Waals surface area contributed by atoms with Crippen molar-refractivity contribution in [2.24, 2.45) is 0 Å². The summed E-state index contributed by atoms with van der Waals surface area (Å²) < 4.78 is 27.3. The molecule has 0 radical (unpaired) electrons.